The average molecular weight is 379 g/mol. The number of amides is 3. The summed E-state index contributed by atoms with van der Waals surface area (Å²) in [5.41, 5.74) is 0.904. The first-order valence-corrected chi connectivity index (χ1v) is 8.35. The van der Waals surface area contributed by atoms with Crippen LogP contribution in [0.1, 0.15) is 5.56 Å². The quantitative estimate of drug-likeness (QED) is 0.329. The van der Waals surface area contributed by atoms with Gasteiger partial charge in [0.2, 0.25) is 11.7 Å². The second-order valence-corrected chi connectivity index (χ2v) is 5.59. The number of benzene rings is 1. The van der Waals surface area contributed by atoms with Gasteiger partial charge in [-0.2, -0.15) is 0 Å². The SMILES string of the molecule is CN=C(NCCN1C(=O)CNC1=O)NCc1cc(OC)c(OC)c(OC)c1. The summed E-state index contributed by atoms with van der Waals surface area (Å²) in [6.07, 6.45) is 0. The fourth-order valence-corrected chi connectivity index (χ4v) is 2.61. The maximum absolute atomic E-state index is 11.5. The molecule has 0 aliphatic carbocycles. The summed E-state index contributed by atoms with van der Waals surface area (Å²) < 4.78 is 16.0. The molecular weight excluding hydrogens is 354 g/mol. The summed E-state index contributed by atoms with van der Waals surface area (Å²) in [6.45, 7) is 1.15. The van der Waals surface area contributed by atoms with Crippen molar-refractivity contribution in [3.63, 3.8) is 0 Å². The zero-order valence-electron chi connectivity index (χ0n) is 15.9. The number of ether oxygens (including phenoxy) is 3. The largest absolute Gasteiger partial charge is 0.493 e. The predicted octanol–water partition coefficient (Wildman–Crippen LogP) is -0.0708. The van der Waals surface area contributed by atoms with Crippen molar-refractivity contribution in [2.24, 2.45) is 4.99 Å². The van der Waals surface area contributed by atoms with E-state index in [4.69, 9.17) is 14.2 Å². The van der Waals surface area contributed by atoms with E-state index in [9.17, 15) is 9.59 Å². The first-order valence-electron chi connectivity index (χ1n) is 8.35. The van der Waals surface area contributed by atoms with Crippen LogP contribution < -0.4 is 30.2 Å². The Morgan fingerprint density at radius 3 is 2.30 bits per heavy atom. The highest BCUT2D eigenvalue weighted by Gasteiger charge is 2.27. The summed E-state index contributed by atoms with van der Waals surface area (Å²) >= 11 is 0. The molecule has 1 heterocycles. The van der Waals surface area contributed by atoms with Crippen LogP contribution in [0.5, 0.6) is 17.2 Å². The number of urea groups is 1. The first-order chi connectivity index (χ1) is 13.0. The van der Waals surface area contributed by atoms with Gasteiger partial charge in [-0.15, -0.1) is 0 Å². The minimum absolute atomic E-state index is 0.0486. The molecule has 1 saturated heterocycles. The van der Waals surface area contributed by atoms with Crippen LogP contribution in [0, 0.1) is 0 Å². The summed E-state index contributed by atoms with van der Waals surface area (Å²) in [7, 11) is 6.31. The van der Waals surface area contributed by atoms with E-state index in [1.807, 2.05) is 12.1 Å². The molecule has 0 unspecified atom stereocenters. The van der Waals surface area contributed by atoms with E-state index < -0.39 is 0 Å². The van der Waals surface area contributed by atoms with Crippen LogP contribution in [-0.4, -0.2) is 70.8 Å². The number of guanidine groups is 1. The Bertz CT molecular complexity index is 681. The molecule has 27 heavy (non-hydrogen) atoms. The van der Waals surface area contributed by atoms with Crippen molar-refractivity contribution in [2.45, 2.75) is 6.54 Å². The predicted molar refractivity (Wildman–Crippen MR) is 99.4 cm³/mol. The van der Waals surface area contributed by atoms with Gasteiger partial charge in [-0.05, 0) is 17.7 Å². The van der Waals surface area contributed by atoms with Crippen LogP contribution in [0.25, 0.3) is 0 Å². The van der Waals surface area contributed by atoms with E-state index in [2.05, 4.69) is 20.9 Å². The first kappa shape index (κ1) is 20.1. The molecule has 3 amide bonds. The summed E-state index contributed by atoms with van der Waals surface area (Å²) in [4.78, 5) is 28.3. The minimum Gasteiger partial charge on any atom is -0.493 e. The molecule has 0 atom stereocenters. The number of aliphatic imine (C=N–C) groups is 1. The molecule has 10 heteroatoms. The third-order valence-corrected chi connectivity index (χ3v) is 3.97. The topological polar surface area (TPSA) is 114 Å². The van der Waals surface area contributed by atoms with Crippen molar-refractivity contribution in [2.75, 3.05) is 48.0 Å². The molecular formula is C17H25N5O5. The molecule has 1 aromatic carbocycles. The Balaban J connectivity index is 1.92. The van der Waals surface area contributed by atoms with Crippen molar-refractivity contribution in [1.82, 2.24) is 20.9 Å². The number of hydrogen-bond acceptors (Lipinski definition) is 6. The highest BCUT2D eigenvalue weighted by atomic mass is 16.5. The van der Waals surface area contributed by atoms with Gasteiger partial charge >= 0.3 is 6.03 Å². The number of imide groups is 1. The van der Waals surface area contributed by atoms with Gasteiger partial charge in [0.05, 0.1) is 27.9 Å². The Morgan fingerprint density at radius 2 is 1.81 bits per heavy atom. The van der Waals surface area contributed by atoms with Gasteiger partial charge in [-0.3, -0.25) is 14.7 Å². The van der Waals surface area contributed by atoms with Crippen LogP contribution in [0.3, 0.4) is 0 Å². The number of hydrogen-bond donors (Lipinski definition) is 3. The van der Waals surface area contributed by atoms with E-state index >= 15 is 0 Å². The fourth-order valence-electron chi connectivity index (χ4n) is 2.61. The van der Waals surface area contributed by atoms with Gasteiger partial charge < -0.3 is 30.2 Å². The van der Waals surface area contributed by atoms with Crippen molar-refractivity contribution < 1.29 is 23.8 Å². The second-order valence-electron chi connectivity index (χ2n) is 5.59. The van der Waals surface area contributed by atoms with Gasteiger partial charge in [0.15, 0.2) is 17.5 Å². The lowest BCUT2D eigenvalue weighted by Gasteiger charge is -2.17. The molecule has 1 aromatic rings. The number of nitrogens with zero attached hydrogens (tertiary/aromatic N) is 2. The van der Waals surface area contributed by atoms with Gasteiger partial charge in [-0.1, -0.05) is 0 Å². The minimum atomic E-state index is -0.373. The number of methoxy groups -OCH3 is 3. The summed E-state index contributed by atoms with van der Waals surface area (Å²) in [6, 6.07) is 3.31. The summed E-state index contributed by atoms with van der Waals surface area (Å²) in [5, 5.41) is 8.70. The third kappa shape index (κ3) is 4.93. The zero-order chi connectivity index (χ0) is 19.8. The third-order valence-electron chi connectivity index (χ3n) is 3.97. The number of carbonyl (C=O) groups excluding carboxylic acids is 2. The van der Waals surface area contributed by atoms with Gasteiger partial charge in [0.1, 0.15) is 0 Å². The molecule has 10 nitrogen and oxygen atoms in total. The molecule has 0 saturated carbocycles. The highest BCUT2D eigenvalue weighted by molar-refractivity contribution is 6.01. The van der Waals surface area contributed by atoms with E-state index in [1.165, 1.54) is 4.90 Å². The lowest BCUT2D eigenvalue weighted by Crippen LogP contribution is -2.43. The zero-order valence-corrected chi connectivity index (χ0v) is 15.9. The van der Waals surface area contributed by atoms with E-state index in [1.54, 1.807) is 28.4 Å². The van der Waals surface area contributed by atoms with Crippen molar-refractivity contribution >= 4 is 17.9 Å². The van der Waals surface area contributed by atoms with E-state index in [-0.39, 0.29) is 25.0 Å². The van der Waals surface area contributed by atoms with Gasteiger partial charge in [0, 0.05) is 26.7 Å². The van der Waals surface area contributed by atoms with Crippen molar-refractivity contribution in [3.8, 4) is 17.2 Å². The van der Waals surface area contributed by atoms with Gasteiger partial charge in [0.25, 0.3) is 0 Å². The van der Waals surface area contributed by atoms with Crippen LogP contribution in [0.15, 0.2) is 17.1 Å². The van der Waals surface area contributed by atoms with Crippen LogP contribution >= 0.6 is 0 Å². The molecule has 0 bridgehead atoms. The van der Waals surface area contributed by atoms with Crippen LogP contribution in [0.2, 0.25) is 0 Å². The second kappa shape index (κ2) is 9.51. The molecule has 0 radical (unpaired) electrons. The number of nitrogens with one attached hydrogen (secondary N) is 3. The molecule has 1 aliphatic rings. The molecule has 1 aliphatic heterocycles. The maximum Gasteiger partial charge on any atom is 0.324 e. The average Bonchev–Trinajstić information content (AvgIpc) is 3.01. The Hall–Kier alpha value is -3.17. The molecule has 0 spiro atoms. The van der Waals surface area contributed by atoms with Crippen LogP contribution in [-0.2, 0) is 11.3 Å². The normalized spacial score (nSPS) is 14.1. The lowest BCUT2D eigenvalue weighted by molar-refractivity contribution is -0.124. The van der Waals surface area contributed by atoms with E-state index in [0.717, 1.165) is 5.56 Å². The molecule has 2 rings (SSSR count). The Labute approximate surface area is 157 Å². The monoisotopic (exact) mass is 379 g/mol. The smallest absolute Gasteiger partial charge is 0.324 e. The number of carbonyl (C=O) groups is 2. The standard InChI is InChI=1S/C17H25N5O5/c1-18-16(19-5-6-22-14(23)10-21-17(22)24)20-9-11-7-12(25-2)15(27-4)13(8-11)26-3/h7-8H,5-6,9-10H2,1-4H3,(H,21,24)(H2,18,19,20). The molecule has 0 aromatic heterocycles. The van der Waals surface area contributed by atoms with Gasteiger partial charge in [-0.25, -0.2) is 4.79 Å². The maximum atomic E-state index is 11.5. The highest BCUT2D eigenvalue weighted by Crippen LogP contribution is 2.38. The van der Waals surface area contributed by atoms with Crippen molar-refractivity contribution in [1.29, 1.82) is 0 Å². The van der Waals surface area contributed by atoms with Crippen LogP contribution in [0.4, 0.5) is 4.79 Å². The van der Waals surface area contributed by atoms with E-state index in [0.29, 0.717) is 36.3 Å². The molecule has 148 valence electrons. The number of rotatable bonds is 8. The molecule has 1 fully saturated rings. The molecule has 3 N–H and O–H groups in total. The Kier molecular flexibility index (Phi) is 7.09. The lowest BCUT2D eigenvalue weighted by atomic mass is 10.2. The van der Waals surface area contributed by atoms with Crippen molar-refractivity contribution in [3.05, 3.63) is 17.7 Å². The fraction of sp³-hybridized carbons (Fsp3) is 0.471. The Morgan fingerprint density at radius 1 is 1.15 bits per heavy atom. The summed E-state index contributed by atoms with van der Waals surface area (Å²) in [5.74, 6) is 1.96.